The zero-order valence-electron chi connectivity index (χ0n) is 11.6. The third kappa shape index (κ3) is 3.22. The van der Waals surface area contributed by atoms with E-state index in [4.69, 9.17) is 4.98 Å². The van der Waals surface area contributed by atoms with Crippen molar-refractivity contribution in [2.24, 2.45) is 0 Å². The molecule has 0 amide bonds. The second-order valence-corrected chi connectivity index (χ2v) is 5.03. The Morgan fingerprint density at radius 3 is 2.44 bits per heavy atom. The van der Waals surface area contributed by atoms with E-state index in [1.165, 1.54) is 25.7 Å². The van der Waals surface area contributed by atoms with Crippen molar-refractivity contribution < 1.29 is 0 Å². The van der Waals surface area contributed by atoms with Crippen LogP contribution in [0, 0.1) is 0 Å². The number of nitrogens with zero attached hydrogens (tertiary/aromatic N) is 3. The molecule has 18 heavy (non-hydrogen) atoms. The van der Waals surface area contributed by atoms with Gasteiger partial charge in [0.15, 0.2) is 0 Å². The Kier molecular flexibility index (Phi) is 4.99. The van der Waals surface area contributed by atoms with Crippen LogP contribution in [0.15, 0.2) is 0 Å². The lowest BCUT2D eigenvalue weighted by Gasteiger charge is -2.25. The largest absolute Gasteiger partial charge is 0.337 e. The number of aromatic nitrogens is 3. The van der Waals surface area contributed by atoms with Crippen LogP contribution in [0.5, 0.6) is 0 Å². The lowest BCUT2D eigenvalue weighted by molar-refractivity contribution is 0.535. The molecule has 1 aromatic heterocycles. The van der Waals surface area contributed by atoms with Crippen LogP contribution < -0.4 is 10.2 Å². The van der Waals surface area contributed by atoms with Crippen LogP contribution in [0.1, 0.15) is 51.3 Å². The summed E-state index contributed by atoms with van der Waals surface area (Å²) in [4.78, 5) is 6.96. The maximum absolute atomic E-state index is 4.70. The highest BCUT2D eigenvalue weighted by Crippen LogP contribution is 2.24. The monoisotopic (exact) mass is 251 g/mol. The Labute approximate surface area is 109 Å². The predicted octanol–water partition coefficient (Wildman–Crippen LogP) is 1.90. The molecular formula is C13H25N5. The van der Waals surface area contributed by atoms with Gasteiger partial charge in [-0.25, -0.2) is 0 Å². The van der Waals surface area contributed by atoms with Gasteiger partial charge in [-0.05, 0) is 12.8 Å². The molecule has 1 aliphatic rings. The molecule has 5 nitrogen and oxygen atoms in total. The third-order valence-electron chi connectivity index (χ3n) is 3.55. The van der Waals surface area contributed by atoms with E-state index in [0.717, 1.165) is 38.0 Å². The number of rotatable bonds is 6. The Morgan fingerprint density at radius 1 is 1.17 bits per heavy atom. The first-order valence-electron chi connectivity index (χ1n) is 7.23. The molecule has 0 atom stereocenters. The van der Waals surface area contributed by atoms with Crippen molar-refractivity contribution >= 4 is 5.95 Å². The number of hydrogen-bond donors (Lipinski definition) is 2. The maximum atomic E-state index is 4.70. The molecule has 1 aliphatic heterocycles. The zero-order chi connectivity index (χ0) is 12.8. The number of H-pyrrole nitrogens is 1. The maximum Gasteiger partial charge on any atom is 0.244 e. The molecule has 1 saturated heterocycles. The molecule has 1 aromatic rings. The summed E-state index contributed by atoms with van der Waals surface area (Å²) in [5.41, 5.74) is 0. The van der Waals surface area contributed by atoms with Crippen LogP contribution in [-0.4, -0.2) is 41.4 Å². The van der Waals surface area contributed by atoms with E-state index in [0.29, 0.717) is 5.92 Å². The minimum Gasteiger partial charge on any atom is -0.337 e. The van der Waals surface area contributed by atoms with E-state index >= 15 is 0 Å². The molecule has 0 saturated carbocycles. The van der Waals surface area contributed by atoms with Gasteiger partial charge in [-0.15, -0.1) is 5.10 Å². The van der Waals surface area contributed by atoms with Crippen LogP contribution in [0.2, 0.25) is 0 Å². The molecule has 0 bridgehead atoms. The number of aromatic amines is 1. The van der Waals surface area contributed by atoms with E-state index in [1.54, 1.807) is 0 Å². The molecule has 0 unspecified atom stereocenters. The summed E-state index contributed by atoms with van der Waals surface area (Å²) in [7, 11) is 0. The van der Waals surface area contributed by atoms with Crippen molar-refractivity contribution in [3.8, 4) is 0 Å². The number of hydrogen-bond acceptors (Lipinski definition) is 4. The van der Waals surface area contributed by atoms with Gasteiger partial charge in [0.25, 0.3) is 0 Å². The van der Waals surface area contributed by atoms with Gasteiger partial charge in [-0.1, -0.05) is 26.7 Å². The standard InChI is InChI=1S/C13H25N5/c1-3-5-11(6-4-2)12-15-13(17-16-12)18-9-7-14-8-10-18/h11,14H,3-10H2,1-2H3,(H,15,16,17). The second-order valence-electron chi connectivity index (χ2n) is 5.03. The highest BCUT2D eigenvalue weighted by Gasteiger charge is 2.18. The smallest absolute Gasteiger partial charge is 0.244 e. The van der Waals surface area contributed by atoms with E-state index in [9.17, 15) is 0 Å². The molecule has 2 rings (SSSR count). The molecule has 0 aliphatic carbocycles. The normalized spacial score (nSPS) is 16.5. The topological polar surface area (TPSA) is 56.8 Å². The summed E-state index contributed by atoms with van der Waals surface area (Å²) < 4.78 is 0. The van der Waals surface area contributed by atoms with E-state index in [1.807, 2.05) is 0 Å². The van der Waals surface area contributed by atoms with Crippen LogP contribution in [0.3, 0.4) is 0 Å². The van der Waals surface area contributed by atoms with E-state index in [2.05, 4.69) is 34.3 Å². The van der Waals surface area contributed by atoms with Gasteiger partial charge in [-0.3, -0.25) is 5.10 Å². The lowest BCUT2D eigenvalue weighted by Crippen LogP contribution is -2.44. The first-order valence-corrected chi connectivity index (χ1v) is 7.23. The molecule has 2 N–H and O–H groups in total. The van der Waals surface area contributed by atoms with Crippen LogP contribution in [0.4, 0.5) is 5.95 Å². The Balaban J connectivity index is 2.02. The van der Waals surface area contributed by atoms with Gasteiger partial charge in [0.05, 0.1) is 0 Å². The molecule has 5 heteroatoms. The van der Waals surface area contributed by atoms with Crippen LogP contribution in [-0.2, 0) is 0 Å². The summed E-state index contributed by atoms with van der Waals surface area (Å²) in [6, 6.07) is 0. The van der Waals surface area contributed by atoms with Crippen LogP contribution >= 0.6 is 0 Å². The second kappa shape index (κ2) is 6.73. The third-order valence-corrected chi connectivity index (χ3v) is 3.55. The highest BCUT2D eigenvalue weighted by atomic mass is 15.4. The van der Waals surface area contributed by atoms with Crippen molar-refractivity contribution in [2.45, 2.75) is 45.4 Å². The average molecular weight is 251 g/mol. The summed E-state index contributed by atoms with van der Waals surface area (Å²) in [5.74, 6) is 2.50. The number of piperazine rings is 1. The average Bonchev–Trinajstić information content (AvgIpc) is 2.89. The molecular weight excluding hydrogens is 226 g/mol. The van der Waals surface area contributed by atoms with Gasteiger partial charge in [0.2, 0.25) is 5.95 Å². The van der Waals surface area contributed by atoms with Gasteiger partial charge in [0.1, 0.15) is 5.82 Å². The number of nitrogens with one attached hydrogen (secondary N) is 2. The Bertz CT molecular complexity index is 337. The highest BCUT2D eigenvalue weighted by molar-refractivity contribution is 5.30. The fourth-order valence-electron chi connectivity index (χ4n) is 2.57. The Morgan fingerprint density at radius 2 is 1.83 bits per heavy atom. The summed E-state index contributed by atoms with van der Waals surface area (Å²) >= 11 is 0. The first kappa shape index (κ1) is 13.3. The van der Waals surface area contributed by atoms with Crippen molar-refractivity contribution in [2.75, 3.05) is 31.1 Å². The van der Waals surface area contributed by atoms with E-state index in [-0.39, 0.29) is 0 Å². The van der Waals surface area contributed by atoms with Gasteiger partial charge < -0.3 is 10.2 Å². The zero-order valence-corrected chi connectivity index (χ0v) is 11.6. The fourth-order valence-corrected chi connectivity index (χ4v) is 2.57. The minimum absolute atomic E-state index is 0.546. The van der Waals surface area contributed by atoms with Crippen LogP contribution in [0.25, 0.3) is 0 Å². The van der Waals surface area contributed by atoms with Crippen molar-refractivity contribution in [3.63, 3.8) is 0 Å². The SMILES string of the molecule is CCCC(CCC)c1nc(N2CCNCC2)n[nH]1. The lowest BCUT2D eigenvalue weighted by atomic mass is 9.98. The summed E-state index contributed by atoms with van der Waals surface area (Å²) in [6.45, 7) is 8.52. The van der Waals surface area contributed by atoms with Gasteiger partial charge >= 0.3 is 0 Å². The molecule has 0 spiro atoms. The van der Waals surface area contributed by atoms with Crippen molar-refractivity contribution in [1.82, 2.24) is 20.5 Å². The van der Waals surface area contributed by atoms with E-state index < -0.39 is 0 Å². The summed E-state index contributed by atoms with van der Waals surface area (Å²) in [5, 5.41) is 10.9. The molecule has 102 valence electrons. The number of anilines is 1. The van der Waals surface area contributed by atoms with Crippen molar-refractivity contribution in [1.29, 1.82) is 0 Å². The van der Waals surface area contributed by atoms with Crippen molar-refractivity contribution in [3.05, 3.63) is 5.82 Å². The minimum atomic E-state index is 0.546. The molecule has 2 heterocycles. The summed E-state index contributed by atoms with van der Waals surface area (Å²) in [6.07, 6.45) is 4.80. The van der Waals surface area contributed by atoms with Gasteiger partial charge in [0, 0.05) is 32.1 Å². The Hall–Kier alpha value is -1.10. The molecule has 1 fully saturated rings. The predicted molar refractivity (Wildman–Crippen MR) is 74.0 cm³/mol. The first-order chi connectivity index (χ1) is 8.85. The fraction of sp³-hybridized carbons (Fsp3) is 0.846. The quantitative estimate of drug-likeness (QED) is 0.811. The molecule has 0 radical (unpaired) electrons. The van der Waals surface area contributed by atoms with Gasteiger partial charge in [-0.2, -0.15) is 4.98 Å². The molecule has 0 aromatic carbocycles.